The van der Waals surface area contributed by atoms with E-state index in [1.165, 1.54) is 17.4 Å². The number of rotatable bonds is 8. The van der Waals surface area contributed by atoms with Gasteiger partial charge in [0.2, 0.25) is 0 Å². The van der Waals surface area contributed by atoms with E-state index in [9.17, 15) is 9.90 Å². The summed E-state index contributed by atoms with van der Waals surface area (Å²) in [7, 11) is 2.16. The third-order valence-electron chi connectivity index (χ3n) is 10.9. The Hall–Kier alpha value is -4.37. The third kappa shape index (κ3) is 5.97. The molecule has 47 heavy (non-hydrogen) atoms. The molecule has 1 amide bonds. The summed E-state index contributed by atoms with van der Waals surface area (Å²) in [4.78, 5) is 28.7. The van der Waals surface area contributed by atoms with Crippen LogP contribution in [-0.4, -0.2) is 75.8 Å². The van der Waals surface area contributed by atoms with Crippen molar-refractivity contribution < 1.29 is 19.4 Å². The van der Waals surface area contributed by atoms with Crippen LogP contribution in [0.15, 0.2) is 66.7 Å². The van der Waals surface area contributed by atoms with Gasteiger partial charge in [-0.15, -0.1) is 0 Å². The zero-order valence-electron chi connectivity index (χ0n) is 27.1. The van der Waals surface area contributed by atoms with Gasteiger partial charge in [0.15, 0.2) is 0 Å². The van der Waals surface area contributed by atoms with Crippen molar-refractivity contribution in [1.82, 2.24) is 19.8 Å². The fourth-order valence-corrected chi connectivity index (χ4v) is 8.47. The Kier molecular flexibility index (Phi) is 8.09. The number of piperidine rings is 1. The van der Waals surface area contributed by atoms with Crippen LogP contribution < -0.4 is 14.4 Å². The van der Waals surface area contributed by atoms with Crippen molar-refractivity contribution in [2.45, 2.75) is 82.1 Å². The van der Waals surface area contributed by atoms with Gasteiger partial charge in [0.05, 0.1) is 17.9 Å². The van der Waals surface area contributed by atoms with E-state index < -0.39 is 6.09 Å². The second kappa shape index (κ2) is 12.7. The number of benzene rings is 3. The van der Waals surface area contributed by atoms with E-state index in [0.717, 1.165) is 85.4 Å². The predicted molar refractivity (Wildman–Crippen MR) is 181 cm³/mol. The number of likely N-dealkylation sites (tertiary alicyclic amines) is 1. The molecule has 0 saturated carbocycles. The Morgan fingerprint density at radius 3 is 2.49 bits per heavy atom. The molecule has 2 unspecified atom stereocenters. The quantitative estimate of drug-likeness (QED) is 0.231. The maximum atomic E-state index is 12.0. The standard InChI is InChI=1S/C38H43N5O4/c1-41-16-7-11-30(41)24-47-37-39-34-22-42(17-15-33(34)36(40-37)27-18-28-13-14-29(19-27)43(28)38(44)45)35-21-31(20-26-10-5-6-12-32(26)35)46-23-25-8-3-2-4-9-25/h2-6,8-10,12,20-21,27-30H,7,11,13-19,22-24H2,1H3,(H,44,45)/t27?,28?,29?,30-/m0/s1. The lowest BCUT2D eigenvalue weighted by molar-refractivity contribution is 0.0956. The van der Waals surface area contributed by atoms with Crippen LogP contribution in [0.2, 0.25) is 0 Å². The van der Waals surface area contributed by atoms with Crippen LogP contribution in [0.4, 0.5) is 10.5 Å². The summed E-state index contributed by atoms with van der Waals surface area (Å²) in [6, 6.07) is 24.0. The lowest BCUT2D eigenvalue weighted by atomic mass is 9.84. The zero-order valence-corrected chi connectivity index (χ0v) is 27.1. The lowest BCUT2D eigenvalue weighted by Gasteiger charge is -2.38. The minimum atomic E-state index is -0.789. The molecule has 3 atom stereocenters. The highest BCUT2D eigenvalue weighted by atomic mass is 16.5. The van der Waals surface area contributed by atoms with Crippen molar-refractivity contribution >= 4 is 22.6 Å². The summed E-state index contributed by atoms with van der Waals surface area (Å²) in [6.45, 7) is 3.66. The van der Waals surface area contributed by atoms with E-state index in [1.807, 2.05) is 18.2 Å². The predicted octanol–water partition coefficient (Wildman–Crippen LogP) is 6.63. The highest BCUT2D eigenvalue weighted by Gasteiger charge is 2.45. The van der Waals surface area contributed by atoms with Crippen molar-refractivity contribution in [2.24, 2.45) is 0 Å². The minimum absolute atomic E-state index is 0.0588. The van der Waals surface area contributed by atoms with Crippen LogP contribution in [0.1, 0.15) is 67.0 Å². The lowest BCUT2D eigenvalue weighted by Crippen LogP contribution is -2.45. The monoisotopic (exact) mass is 633 g/mol. The fraction of sp³-hybridized carbons (Fsp3) is 0.447. The van der Waals surface area contributed by atoms with Crippen LogP contribution in [-0.2, 0) is 19.6 Å². The number of hydrogen-bond acceptors (Lipinski definition) is 7. The zero-order chi connectivity index (χ0) is 31.9. The van der Waals surface area contributed by atoms with Crippen LogP contribution in [0.5, 0.6) is 11.8 Å². The number of anilines is 1. The average Bonchev–Trinajstić information content (AvgIpc) is 3.64. The van der Waals surface area contributed by atoms with Crippen LogP contribution in [0.3, 0.4) is 0 Å². The summed E-state index contributed by atoms with van der Waals surface area (Å²) in [5.74, 6) is 1.06. The molecular weight excluding hydrogens is 590 g/mol. The smallest absolute Gasteiger partial charge is 0.407 e. The van der Waals surface area contributed by atoms with E-state index in [-0.39, 0.29) is 18.0 Å². The largest absolute Gasteiger partial charge is 0.489 e. The second-order valence-electron chi connectivity index (χ2n) is 13.8. The molecule has 5 heterocycles. The Bertz CT molecular complexity index is 1750. The molecule has 0 radical (unpaired) electrons. The number of carbonyl (C=O) groups is 1. The first-order valence-electron chi connectivity index (χ1n) is 17.2. The summed E-state index contributed by atoms with van der Waals surface area (Å²) in [5.41, 5.74) is 5.59. The number of likely N-dealkylation sites (N-methyl/N-ethyl adjacent to an activating group) is 1. The molecule has 4 aromatic rings. The normalized spacial score (nSPS) is 24.0. The Balaban J connectivity index is 1.11. The van der Waals surface area contributed by atoms with E-state index in [1.54, 1.807) is 4.90 Å². The van der Waals surface area contributed by atoms with E-state index in [2.05, 4.69) is 65.4 Å². The van der Waals surface area contributed by atoms with Gasteiger partial charge in [0.1, 0.15) is 19.0 Å². The molecule has 0 aliphatic carbocycles. The van der Waals surface area contributed by atoms with Crippen molar-refractivity contribution in [3.05, 3.63) is 89.2 Å². The van der Waals surface area contributed by atoms with E-state index >= 15 is 0 Å². The van der Waals surface area contributed by atoms with Gasteiger partial charge in [0.25, 0.3) is 0 Å². The van der Waals surface area contributed by atoms with Crippen LogP contribution >= 0.6 is 0 Å². The maximum Gasteiger partial charge on any atom is 0.407 e. The summed E-state index contributed by atoms with van der Waals surface area (Å²) in [5, 5.41) is 12.2. The number of ether oxygens (including phenoxy) is 2. The molecule has 2 bridgehead atoms. The van der Waals surface area contributed by atoms with Crippen molar-refractivity contribution in [3.63, 3.8) is 0 Å². The molecule has 0 spiro atoms. The highest BCUT2D eigenvalue weighted by molar-refractivity contribution is 5.95. The Labute approximate surface area is 276 Å². The molecule has 1 N–H and O–H groups in total. The third-order valence-corrected chi connectivity index (χ3v) is 10.9. The van der Waals surface area contributed by atoms with Gasteiger partial charge in [-0.05, 0) is 81.1 Å². The van der Waals surface area contributed by atoms with Crippen LogP contribution in [0, 0.1) is 0 Å². The van der Waals surface area contributed by atoms with Gasteiger partial charge in [-0.3, -0.25) is 0 Å². The average molecular weight is 634 g/mol. The molecule has 4 aliphatic heterocycles. The molecule has 3 aromatic carbocycles. The molecule has 4 aliphatic rings. The van der Waals surface area contributed by atoms with Gasteiger partial charge in [0, 0.05) is 47.7 Å². The van der Waals surface area contributed by atoms with Crippen molar-refractivity contribution in [2.75, 3.05) is 31.6 Å². The first-order valence-corrected chi connectivity index (χ1v) is 17.2. The van der Waals surface area contributed by atoms with Crippen molar-refractivity contribution in [1.29, 1.82) is 0 Å². The molecule has 1 aromatic heterocycles. The molecule has 8 rings (SSSR count). The van der Waals surface area contributed by atoms with Gasteiger partial charge < -0.3 is 29.3 Å². The molecule has 244 valence electrons. The van der Waals surface area contributed by atoms with Gasteiger partial charge in [-0.1, -0.05) is 54.6 Å². The number of aromatic nitrogens is 2. The molecule has 3 fully saturated rings. The maximum absolute atomic E-state index is 12.0. The summed E-state index contributed by atoms with van der Waals surface area (Å²) >= 11 is 0. The summed E-state index contributed by atoms with van der Waals surface area (Å²) in [6.07, 6.45) is 5.83. The first kappa shape index (κ1) is 30.0. The Morgan fingerprint density at radius 2 is 1.72 bits per heavy atom. The van der Waals surface area contributed by atoms with Gasteiger partial charge >= 0.3 is 12.1 Å². The number of hydrogen-bond donors (Lipinski definition) is 1. The molecular formula is C38H43N5O4. The van der Waals surface area contributed by atoms with E-state index in [4.69, 9.17) is 19.4 Å². The Morgan fingerprint density at radius 1 is 0.936 bits per heavy atom. The van der Waals surface area contributed by atoms with Crippen molar-refractivity contribution in [3.8, 4) is 11.8 Å². The van der Waals surface area contributed by atoms with Crippen LogP contribution in [0.25, 0.3) is 10.8 Å². The summed E-state index contributed by atoms with van der Waals surface area (Å²) < 4.78 is 12.7. The second-order valence-corrected chi connectivity index (χ2v) is 13.8. The molecule has 9 nitrogen and oxygen atoms in total. The molecule has 9 heteroatoms. The first-order chi connectivity index (χ1) is 23.0. The number of fused-ring (bicyclic) bond motifs is 4. The van der Waals surface area contributed by atoms with E-state index in [0.29, 0.717) is 31.8 Å². The minimum Gasteiger partial charge on any atom is -0.489 e. The number of nitrogens with zero attached hydrogens (tertiary/aromatic N) is 5. The molecule has 3 saturated heterocycles. The SMILES string of the molecule is CN1CCC[C@H]1COc1nc2c(c(C3CC4CCC(C3)N4C(=O)O)n1)CCN(c1cc(OCc3ccccc3)cc3ccccc13)C2. The topological polar surface area (TPSA) is 91.3 Å². The number of amides is 1. The highest BCUT2D eigenvalue weighted by Crippen LogP contribution is 2.45. The number of carboxylic acid groups (broad SMARTS) is 1. The van der Waals surface area contributed by atoms with Gasteiger partial charge in [-0.25, -0.2) is 4.79 Å². The van der Waals surface area contributed by atoms with Gasteiger partial charge in [-0.2, -0.15) is 9.97 Å². The fourth-order valence-electron chi connectivity index (χ4n) is 8.47.